The third kappa shape index (κ3) is 4.86. The lowest BCUT2D eigenvalue weighted by molar-refractivity contribution is 0.0601. The average molecular weight is 328 g/mol. The van der Waals surface area contributed by atoms with Crippen molar-refractivity contribution >= 4 is 28.6 Å². The van der Waals surface area contributed by atoms with Gasteiger partial charge in [-0.1, -0.05) is 42.1 Å². The van der Waals surface area contributed by atoms with Crippen LogP contribution in [0, 0.1) is 0 Å². The molecule has 0 amide bonds. The largest absolute Gasteiger partial charge is 0.465 e. The van der Waals surface area contributed by atoms with Crippen LogP contribution in [-0.4, -0.2) is 24.5 Å². The highest BCUT2D eigenvalue weighted by Gasteiger charge is 2.07. The second-order valence-corrected chi connectivity index (χ2v) is 5.71. The van der Waals surface area contributed by atoms with Crippen LogP contribution >= 0.6 is 11.8 Å². The highest BCUT2D eigenvalue weighted by Crippen LogP contribution is 2.19. The number of hydrogen-bond donors (Lipinski definition) is 1. The van der Waals surface area contributed by atoms with E-state index in [0.717, 1.165) is 10.9 Å². The van der Waals surface area contributed by atoms with Gasteiger partial charge in [0.1, 0.15) is 0 Å². The Morgan fingerprint density at radius 1 is 1.13 bits per heavy atom. The van der Waals surface area contributed by atoms with Gasteiger partial charge in [-0.2, -0.15) is 0 Å². The van der Waals surface area contributed by atoms with Crippen molar-refractivity contribution in [1.29, 1.82) is 0 Å². The Bertz CT molecular complexity index is 669. The van der Waals surface area contributed by atoms with E-state index in [1.54, 1.807) is 23.9 Å². The number of hydrogen-bond acceptors (Lipinski definition) is 4. The summed E-state index contributed by atoms with van der Waals surface area (Å²) in [5, 5.41) is 4.10. The molecule has 0 heterocycles. The second kappa shape index (κ2) is 8.39. The van der Waals surface area contributed by atoms with Gasteiger partial charge in [0, 0.05) is 5.69 Å². The van der Waals surface area contributed by atoms with Crippen molar-refractivity contribution < 1.29 is 9.53 Å². The molecule has 1 N–H and O–H groups in total. The monoisotopic (exact) mass is 328 g/mol. The maximum Gasteiger partial charge on any atom is 0.337 e. The number of nitrogens with zero attached hydrogens (tertiary/aromatic N) is 1. The van der Waals surface area contributed by atoms with Gasteiger partial charge in [0.2, 0.25) is 0 Å². The number of rotatable bonds is 4. The minimum Gasteiger partial charge on any atom is -0.465 e. The summed E-state index contributed by atoms with van der Waals surface area (Å²) in [7, 11) is 1.37. The Balaban J connectivity index is 2.09. The van der Waals surface area contributed by atoms with Gasteiger partial charge in [-0.25, -0.2) is 4.79 Å². The van der Waals surface area contributed by atoms with Gasteiger partial charge in [-0.15, -0.1) is 0 Å². The van der Waals surface area contributed by atoms with Gasteiger partial charge < -0.3 is 10.1 Å². The summed E-state index contributed by atoms with van der Waals surface area (Å²) in [6.45, 7) is 2.06. The van der Waals surface area contributed by atoms with Gasteiger partial charge in [-0.05, 0) is 43.0 Å². The number of benzene rings is 2. The molecule has 0 spiro atoms. The van der Waals surface area contributed by atoms with Crippen LogP contribution in [0.3, 0.4) is 0 Å². The second-order valence-electron chi connectivity index (χ2n) is 4.92. The smallest absolute Gasteiger partial charge is 0.337 e. The van der Waals surface area contributed by atoms with Crippen LogP contribution in [-0.2, 0) is 4.74 Å². The average Bonchev–Trinajstić information content (AvgIpc) is 2.61. The first-order valence-electron chi connectivity index (χ1n) is 7.26. The van der Waals surface area contributed by atoms with E-state index in [9.17, 15) is 4.79 Å². The lowest BCUT2D eigenvalue weighted by Crippen LogP contribution is -2.09. The van der Waals surface area contributed by atoms with Crippen molar-refractivity contribution in [2.24, 2.45) is 4.99 Å². The third-order valence-corrected chi connectivity index (χ3v) is 3.94. The molecule has 0 aliphatic carbocycles. The molecule has 0 aliphatic rings. The number of carbonyl (C=O) groups excluding carboxylic acids is 1. The molecule has 2 aromatic rings. The molecule has 0 bridgehead atoms. The summed E-state index contributed by atoms with van der Waals surface area (Å²) >= 11 is 1.55. The van der Waals surface area contributed by atoms with E-state index in [1.807, 2.05) is 36.6 Å². The molecule has 0 unspecified atom stereocenters. The fraction of sp³-hybridized carbons (Fsp3) is 0.222. The van der Waals surface area contributed by atoms with Crippen molar-refractivity contribution in [2.45, 2.75) is 13.0 Å². The third-order valence-electron chi connectivity index (χ3n) is 3.34. The highest BCUT2D eigenvalue weighted by atomic mass is 32.2. The molecule has 0 fully saturated rings. The van der Waals surface area contributed by atoms with Crippen LogP contribution in [0.15, 0.2) is 59.6 Å². The molecular weight excluding hydrogens is 308 g/mol. The van der Waals surface area contributed by atoms with Gasteiger partial charge in [-0.3, -0.25) is 4.99 Å². The first kappa shape index (κ1) is 17.1. The van der Waals surface area contributed by atoms with E-state index < -0.39 is 0 Å². The van der Waals surface area contributed by atoms with Crippen molar-refractivity contribution in [3.8, 4) is 0 Å². The van der Waals surface area contributed by atoms with Crippen LogP contribution in [0.1, 0.15) is 28.9 Å². The predicted molar refractivity (Wildman–Crippen MR) is 97.2 cm³/mol. The maximum atomic E-state index is 11.4. The summed E-state index contributed by atoms with van der Waals surface area (Å²) in [6, 6.07) is 17.4. The molecule has 0 saturated carbocycles. The molecule has 23 heavy (non-hydrogen) atoms. The van der Waals surface area contributed by atoms with Crippen molar-refractivity contribution in [3.63, 3.8) is 0 Å². The standard InChI is InChI=1S/C18H20N2O2S/c1-13(14-7-5-4-6-8-14)19-18(23-3)20-16-11-9-15(10-12-16)17(21)22-2/h4-13H,1-3H3,(H,19,20)/t13-/m0/s1. The number of carbonyl (C=O) groups is 1. The minimum absolute atomic E-state index is 0.0699. The van der Waals surface area contributed by atoms with Crippen LogP contribution in [0.25, 0.3) is 0 Å². The molecule has 1 atom stereocenters. The molecule has 0 saturated heterocycles. The Morgan fingerprint density at radius 3 is 2.35 bits per heavy atom. The number of thioether (sulfide) groups is 1. The number of anilines is 1. The fourth-order valence-corrected chi connectivity index (χ4v) is 2.53. The van der Waals surface area contributed by atoms with Crippen LogP contribution < -0.4 is 5.32 Å². The van der Waals surface area contributed by atoms with E-state index >= 15 is 0 Å². The quantitative estimate of drug-likeness (QED) is 0.514. The molecule has 120 valence electrons. The summed E-state index contributed by atoms with van der Waals surface area (Å²) in [5.74, 6) is -0.340. The zero-order chi connectivity index (χ0) is 16.7. The van der Waals surface area contributed by atoms with Gasteiger partial charge >= 0.3 is 5.97 Å². The van der Waals surface area contributed by atoms with Gasteiger partial charge in [0.15, 0.2) is 5.17 Å². The fourth-order valence-electron chi connectivity index (χ4n) is 2.05. The van der Waals surface area contributed by atoms with Gasteiger partial charge in [0.25, 0.3) is 0 Å². The number of nitrogens with one attached hydrogen (secondary N) is 1. The van der Waals surface area contributed by atoms with Crippen LogP contribution in [0.2, 0.25) is 0 Å². The van der Waals surface area contributed by atoms with Crippen LogP contribution in [0.5, 0.6) is 0 Å². The van der Waals surface area contributed by atoms with E-state index in [-0.39, 0.29) is 12.0 Å². The van der Waals surface area contributed by atoms with Crippen molar-refractivity contribution in [2.75, 3.05) is 18.7 Å². The molecule has 0 aromatic heterocycles. The first-order valence-corrected chi connectivity index (χ1v) is 8.48. The van der Waals surface area contributed by atoms with Crippen molar-refractivity contribution in [3.05, 3.63) is 65.7 Å². The summed E-state index contributed by atoms with van der Waals surface area (Å²) in [6.07, 6.45) is 1.98. The number of esters is 1. The molecular formula is C18H20N2O2S. The Morgan fingerprint density at radius 2 is 1.78 bits per heavy atom. The molecule has 4 nitrogen and oxygen atoms in total. The Kier molecular flexibility index (Phi) is 6.23. The minimum atomic E-state index is -0.340. The lowest BCUT2D eigenvalue weighted by Gasteiger charge is -2.12. The van der Waals surface area contributed by atoms with E-state index in [1.165, 1.54) is 12.7 Å². The predicted octanol–water partition coefficient (Wildman–Crippen LogP) is 4.37. The first-order chi connectivity index (χ1) is 11.1. The van der Waals surface area contributed by atoms with Crippen molar-refractivity contribution in [1.82, 2.24) is 0 Å². The number of aliphatic imine (C=N–C) groups is 1. The maximum absolute atomic E-state index is 11.4. The van der Waals surface area contributed by atoms with E-state index in [2.05, 4.69) is 24.4 Å². The molecule has 5 heteroatoms. The Hall–Kier alpha value is -2.27. The molecule has 2 aromatic carbocycles. The number of ether oxygens (including phenoxy) is 1. The Labute approximate surface area is 141 Å². The lowest BCUT2D eigenvalue weighted by atomic mass is 10.1. The number of amidine groups is 1. The molecule has 2 rings (SSSR count). The van der Waals surface area contributed by atoms with Crippen LogP contribution in [0.4, 0.5) is 5.69 Å². The topological polar surface area (TPSA) is 50.7 Å². The molecule has 0 aliphatic heterocycles. The highest BCUT2D eigenvalue weighted by molar-refractivity contribution is 8.13. The van der Waals surface area contributed by atoms with E-state index in [4.69, 9.17) is 9.73 Å². The molecule has 0 radical (unpaired) electrons. The zero-order valence-electron chi connectivity index (χ0n) is 13.4. The van der Waals surface area contributed by atoms with E-state index in [0.29, 0.717) is 5.56 Å². The van der Waals surface area contributed by atoms with Gasteiger partial charge in [0.05, 0.1) is 18.7 Å². The summed E-state index contributed by atoms with van der Waals surface area (Å²) in [5.41, 5.74) is 2.58. The summed E-state index contributed by atoms with van der Waals surface area (Å²) in [4.78, 5) is 16.1. The zero-order valence-corrected chi connectivity index (χ0v) is 14.3. The SMILES string of the molecule is COC(=O)c1ccc(NC(=N[C@@H](C)c2ccccc2)SC)cc1. The summed E-state index contributed by atoms with van der Waals surface area (Å²) < 4.78 is 4.69. The normalized spacial score (nSPS) is 12.6. The number of methoxy groups -OCH3 is 1.